The summed E-state index contributed by atoms with van der Waals surface area (Å²) in [6.45, 7) is 16.9. The molecule has 1 aromatic carbocycles. The van der Waals surface area contributed by atoms with Crippen LogP contribution in [-0.2, 0) is 30.5 Å². The van der Waals surface area contributed by atoms with Gasteiger partial charge in [-0.15, -0.1) is 0 Å². The normalized spacial score (nSPS) is 10.4. The molecule has 8 nitrogen and oxygen atoms in total. The van der Waals surface area contributed by atoms with Crippen molar-refractivity contribution < 1.29 is 28.7 Å². The zero-order chi connectivity index (χ0) is 27.5. The van der Waals surface area contributed by atoms with E-state index in [1.54, 1.807) is 13.8 Å². The quantitative estimate of drug-likeness (QED) is 0.278. The second-order valence-corrected chi connectivity index (χ2v) is 6.38. The van der Waals surface area contributed by atoms with Crippen molar-refractivity contribution in [3.8, 4) is 0 Å². The van der Waals surface area contributed by atoms with Gasteiger partial charge in [-0.25, -0.2) is 9.59 Å². The molecule has 2 N–H and O–H groups in total. The molecule has 0 saturated carbocycles. The van der Waals surface area contributed by atoms with E-state index < -0.39 is 18.1 Å². The molecular formula is C27H42N2O6. The third-order valence-corrected chi connectivity index (χ3v) is 3.62. The predicted molar refractivity (Wildman–Crippen MR) is 140 cm³/mol. The number of carbonyl (C=O) groups excluding carboxylic acids is 4. The van der Waals surface area contributed by atoms with Gasteiger partial charge in [0.25, 0.3) is 0 Å². The maximum Gasteiger partial charge on any atom is 0.408 e. The summed E-state index contributed by atoms with van der Waals surface area (Å²) in [5.74, 6) is -0.772. The van der Waals surface area contributed by atoms with Crippen LogP contribution >= 0.6 is 0 Å². The topological polar surface area (TPSA) is 111 Å². The Morgan fingerprint density at radius 3 is 2.06 bits per heavy atom. The molecule has 3 amide bonds. The number of rotatable bonds is 9. The van der Waals surface area contributed by atoms with Crippen LogP contribution in [0.1, 0.15) is 60.5 Å². The molecule has 196 valence electrons. The molecule has 1 rings (SSSR count). The Bertz CT molecular complexity index is 773. The Balaban J connectivity index is -0.000000528. The van der Waals surface area contributed by atoms with Gasteiger partial charge in [-0.3, -0.25) is 14.9 Å². The van der Waals surface area contributed by atoms with E-state index in [1.807, 2.05) is 87.6 Å². The van der Waals surface area contributed by atoms with Crippen LogP contribution in [0.3, 0.4) is 0 Å². The fourth-order valence-electron chi connectivity index (χ4n) is 1.88. The third kappa shape index (κ3) is 24.8. The molecule has 1 aromatic rings. The number of carbonyl (C=O) groups is 4. The molecule has 0 aliphatic heterocycles. The van der Waals surface area contributed by atoms with Crippen LogP contribution in [-0.4, -0.2) is 37.0 Å². The van der Waals surface area contributed by atoms with Gasteiger partial charge >= 0.3 is 12.1 Å². The standard InChI is InChI=1S/C14H19NO4.C8H12.C3H5NO2.C2H6/c1-3-12(13(16)18-4-2)15-14(17)19-10-11-8-6-5-7-9-11;1-4-6-7-8(3)5-2;1-3(6)4-2-5;1-2/h5-9,12H,3-4,10H2,1-2H3,(H,15,17);4-7H,2H2,1,3H3;2H,1H3,(H,4,5,6);1-2H3/b;6-4-,8-7-;;. The Morgan fingerprint density at radius 2 is 1.66 bits per heavy atom. The molecule has 0 aliphatic rings. The molecule has 0 aromatic heterocycles. The molecule has 0 heterocycles. The molecule has 0 spiro atoms. The van der Waals surface area contributed by atoms with Gasteiger partial charge in [-0.1, -0.05) is 87.6 Å². The summed E-state index contributed by atoms with van der Waals surface area (Å²) in [5.41, 5.74) is 2.09. The molecular weight excluding hydrogens is 448 g/mol. The van der Waals surface area contributed by atoms with E-state index >= 15 is 0 Å². The van der Waals surface area contributed by atoms with Crippen molar-refractivity contribution >= 4 is 24.4 Å². The van der Waals surface area contributed by atoms with Crippen LogP contribution in [0.2, 0.25) is 0 Å². The number of allylic oxidation sites excluding steroid dienone is 5. The third-order valence-electron chi connectivity index (χ3n) is 3.62. The summed E-state index contributed by atoms with van der Waals surface area (Å²) in [6.07, 6.45) is 8.03. The Hall–Kier alpha value is -3.68. The number of ether oxygens (including phenoxy) is 2. The molecule has 0 aliphatic carbocycles. The van der Waals surface area contributed by atoms with E-state index in [0.29, 0.717) is 12.8 Å². The summed E-state index contributed by atoms with van der Waals surface area (Å²) in [4.78, 5) is 42.0. The number of amides is 3. The number of nitrogens with one attached hydrogen (secondary N) is 2. The minimum absolute atomic E-state index is 0.173. The van der Waals surface area contributed by atoms with Crippen LogP contribution in [0.5, 0.6) is 0 Å². The van der Waals surface area contributed by atoms with E-state index in [4.69, 9.17) is 9.47 Å². The van der Waals surface area contributed by atoms with Gasteiger partial charge in [0.15, 0.2) is 0 Å². The molecule has 35 heavy (non-hydrogen) atoms. The molecule has 8 heteroatoms. The lowest BCUT2D eigenvalue weighted by atomic mass is 10.2. The maximum absolute atomic E-state index is 11.6. The summed E-state index contributed by atoms with van der Waals surface area (Å²) in [7, 11) is 0. The van der Waals surface area contributed by atoms with E-state index in [2.05, 4.69) is 11.9 Å². The Kier molecular flexibility index (Phi) is 27.3. The summed E-state index contributed by atoms with van der Waals surface area (Å²) in [6, 6.07) is 8.67. The fourth-order valence-corrected chi connectivity index (χ4v) is 1.88. The molecule has 0 radical (unpaired) electrons. The van der Waals surface area contributed by atoms with E-state index in [-0.39, 0.29) is 19.1 Å². The van der Waals surface area contributed by atoms with Crippen molar-refractivity contribution in [2.45, 2.75) is 67.5 Å². The fraction of sp³-hybridized carbons (Fsp3) is 0.407. The number of alkyl carbamates (subject to hydrolysis) is 1. The number of benzene rings is 1. The monoisotopic (exact) mass is 490 g/mol. The zero-order valence-electron chi connectivity index (χ0n) is 22.1. The van der Waals surface area contributed by atoms with Gasteiger partial charge in [0, 0.05) is 6.92 Å². The first-order valence-corrected chi connectivity index (χ1v) is 11.5. The van der Waals surface area contributed by atoms with Gasteiger partial charge in [-0.05, 0) is 32.8 Å². The van der Waals surface area contributed by atoms with Crippen molar-refractivity contribution in [1.29, 1.82) is 0 Å². The summed E-state index contributed by atoms with van der Waals surface area (Å²) >= 11 is 0. The number of hydrogen-bond donors (Lipinski definition) is 2. The lowest BCUT2D eigenvalue weighted by molar-refractivity contribution is -0.145. The van der Waals surface area contributed by atoms with Gasteiger partial charge in [-0.2, -0.15) is 0 Å². The van der Waals surface area contributed by atoms with Crippen molar-refractivity contribution in [1.82, 2.24) is 10.6 Å². The van der Waals surface area contributed by atoms with Crippen LogP contribution in [0.15, 0.2) is 66.8 Å². The van der Waals surface area contributed by atoms with Crippen molar-refractivity contribution in [2.24, 2.45) is 0 Å². The van der Waals surface area contributed by atoms with Gasteiger partial charge in [0.1, 0.15) is 12.6 Å². The van der Waals surface area contributed by atoms with E-state index in [9.17, 15) is 19.2 Å². The Morgan fingerprint density at radius 1 is 1.06 bits per heavy atom. The zero-order valence-corrected chi connectivity index (χ0v) is 22.1. The van der Waals surface area contributed by atoms with Crippen LogP contribution in [0.4, 0.5) is 4.79 Å². The lowest BCUT2D eigenvalue weighted by Gasteiger charge is -2.15. The van der Waals surface area contributed by atoms with Gasteiger partial charge in [0.05, 0.1) is 6.61 Å². The molecule has 0 bridgehead atoms. The van der Waals surface area contributed by atoms with Gasteiger partial charge < -0.3 is 14.8 Å². The van der Waals surface area contributed by atoms with Crippen molar-refractivity contribution in [3.63, 3.8) is 0 Å². The number of hydrogen-bond acceptors (Lipinski definition) is 6. The summed E-state index contributed by atoms with van der Waals surface area (Å²) < 4.78 is 9.88. The smallest absolute Gasteiger partial charge is 0.408 e. The van der Waals surface area contributed by atoms with Crippen LogP contribution in [0.25, 0.3) is 0 Å². The lowest BCUT2D eigenvalue weighted by Crippen LogP contribution is -2.41. The molecule has 0 saturated heterocycles. The highest BCUT2D eigenvalue weighted by molar-refractivity contribution is 5.83. The van der Waals surface area contributed by atoms with Crippen molar-refractivity contribution in [3.05, 3.63) is 72.4 Å². The van der Waals surface area contributed by atoms with Crippen molar-refractivity contribution in [2.75, 3.05) is 6.61 Å². The second-order valence-electron chi connectivity index (χ2n) is 6.38. The predicted octanol–water partition coefficient (Wildman–Crippen LogP) is 5.25. The van der Waals surface area contributed by atoms with E-state index in [0.717, 1.165) is 5.56 Å². The first-order valence-electron chi connectivity index (χ1n) is 11.5. The average molecular weight is 491 g/mol. The van der Waals surface area contributed by atoms with Crippen LogP contribution in [0, 0.1) is 0 Å². The van der Waals surface area contributed by atoms with Crippen LogP contribution < -0.4 is 10.6 Å². The maximum atomic E-state index is 11.6. The minimum atomic E-state index is -0.664. The molecule has 1 atom stereocenters. The largest absolute Gasteiger partial charge is 0.464 e. The van der Waals surface area contributed by atoms with Gasteiger partial charge in [0.2, 0.25) is 12.3 Å². The first-order chi connectivity index (χ1) is 16.7. The number of imide groups is 1. The van der Waals surface area contributed by atoms with E-state index in [1.165, 1.54) is 12.5 Å². The molecule has 1 unspecified atom stereocenters. The highest BCUT2D eigenvalue weighted by Crippen LogP contribution is 2.02. The first kappa shape index (κ1) is 35.9. The number of esters is 1. The summed E-state index contributed by atoms with van der Waals surface area (Å²) in [5, 5.41) is 4.37. The Labute approximate surface area is 210 Å². The molecule has 0 fully saturated rings. The average Bonchev–Trinajstić information content (AvgIpc) is 2.87. The highest BCUT2D eigenvalue weighted by atomic mass is 16.6. The minimum Gasteiger partial charge on any atom is -0.464 e. The second kappa shape index (κ2) is 26.6. The highest BCUT2D eigenvalue weighted by Gasteiger charge is 2.20. The SMILES string of the molecule is C=C/C(C)=C\C=C/C.CC.CC(=O)NC=O.CCOC(=O)C(CC)NC(=O)OCc1ccccc1.